The van der Waals surface area contributed by atoms with Crippen LogP contribution in [0.25, 0.3) is 11.4 Å². The molecule has 2 aromatic heterocycles. The zero-order valence-corrected chi connectivity index (χ0v) is 11.6. The van der Waals surface area contributed by atoms with Crippen molar-refractivity contribution in [2.45, 2.75) is 25.8 Å². The third-order valence-electron chi connectivity index (χ3n) is 3.95. The normalized spacial score (nSPS) is 16.2. The van der Waals surface area contributed by atoms with E-state index in [-0.39, 0.29) is 6.54 Å². The van der Waals surface area contributed by atoms with Crippen LogP contribution in [-0.4, -0.2) is 43.4 Å². The van der Waals surface area contributed by atoms with Crippen LogP contribution in [0.2, 0.25) is 0 Å². The molecule has 8 nitrogen and oxygen atoms in total. The maximum atomic E-state index is 11.5. The predicted octanol–water partition coefficient (Wildman–Crippen LogP) is 0.999. The Morgan fingerprint density at radius 2 is 2.33 bits per heavy atom. The number of ether oxygens (including phenoxy) is 1. The highest BCUT2D eigenvalue weighted by atomic mass is 16.5. The molecule has 1 N–H and O–H groups in total. The van der Waals surface area contributed by atoms with E-state index >= 15 is 0 Å². The average Bonchev–Trinajstić information content (AvgIpc) is 2.90. The van der Waals surface area contributed by atoms with Crippen molar-refractivity contribution in [1.29, 1.82) is 0 Å². The third-order valence-corrected chi connectivity index (χ3v) is 3.95. The summed E-state index contributed by atoms with van der Waals surface area (Å²) < 4.78 is 6.73. The molecule has 110 valence electrons. The van der Waals surface area contributed by atoms with E-state index in [0.717, 1.165) is 6.42 Å². The van der Waals surface area contributed by atoms with Gasteiger partial charge in [-0.1, -0.05) is 6.42 Å². The van der Waals surface area contributed by atoms with Gasteiger partial charge in [-0.3, -0.25) is 4.79 Å². The van der Waals surface area contributed by atoms with Gasteiger partial charge in [0.1, 0.15) is 0 Å². The highest BCUT2D eigenvalue weighted by Crippen LogP contribution is 2.43. The Hall–Kier alpha value is -2.51. The molecule has 0 amide bonds. The lowest BCUT2D eigenvalue weighted by atomic mass is 9.69. The summed E-state index contributed by atoms with van der Waals surface area (Å²) >= 11 is 0. The zero-order chi connectivity index (χ0) is 14.9. The molecule has 0 atom stereocenters. The standard InChI is InChI=1S/C13H15N5O3/c1-21-11-9(4-2-7-14-11)10-15-16-17-18(10)8-13(12(19)20)5-3-6-13/h2,4,7H,3,5-6,8H2,1H3,(H,19,20). The first-order valence-corrected chi connectivity index (χ1v) is 6.65. The summed E-state index contributed by atoms with van der Waals surface area (Å²) in [5.74, 6) is 0.0763. The van der Waals surface area contributed by atoms with Gasteiger partial charge in [0.25, 0.3) is 0 Å². The van der Waals surface area contributed by atoms with Gasteiger partial charge >= 0.3 is 5.97 Å². The topological polar surface area (TPSA) is 103 Å². The number of carboxylic acid groups (broad SMARTS) is 1. The Balaban J connectivity index is 1.96. The first-order chi connectivity index (χ1) is 10.2. The quantitative estimate of drug-likeness (QED) is 0.875. The fraction of sp³-hybridized carbons (Fsp3) is 0.462. The average molecular weight is 289 g/mol. The van der Waals surface area contributed by atoms with E-state index in [1.54, 1.807) is 18.3 Å². The number of aromatic nitrogens is 5. The van der Waals surface area contributed by atoms with Crippen LogP contribution >= 0.6 is 0 Å². The van der Waals surface area contributed by atoms with Crippen molar-refractivity contribution in [3.63, 3.8) is 0 Å². The number of carbonyl (C=O) groups is 1. The van der Waals surface area contributed by atoms with Gasteiger partial charge in [0.15, 0.2) is 5.82 Å². The van der Waals surface area contributed by atoms with Gasteiger partial charge in [-0.05, 0) is 35.4 Å². The molecule has 21 heavy (non-hydrogen) atoms. The van der Waals surface area contributed by atoms with Crippen molar-refractivity contribution in [3.05, 3.63) is 18.3 Å². The Morgan fingerprint density at radius 1 is 1.52 bits per heavy atom. The molecule has 0 radical (unpaired) electrons. The zero-order valence-electron chi connectivity index (χ0n) is 11.6. The maximum absolute atomic E-state index is 11.5. The number of rotatable bonds is 5. The highest BCUT2D eigenvalue weighted by Gasteiger charge is 2.45. The smallest absolute Gasteiger partial charge is 0.311 e. The fourth-order valence-electron chi connectivity index (χ4n) is 2.56. The molecule has 0 bridgehead atoms. The lowest BCUT2D eigenvalue weighted by molar-refractivity contribution is -0.156. The molecule has 0 aliphatic heterocycles. The van der Waals surface area contributed by atoms with Crippen LogP contribution in [0.1, 0.15) is 19.3 Å². The van der Waals surface area contributed by atoms with Crippen molar-refractivity contribution >= 4 is 5.97 Å². The second kappa shape index (κ2) is 5.12. The van der Waals surface area contributed by atoms with Crippen LogP contribution in [0.5, 0.6) is 5.88 Å². The lowest BCUT2D eigenvalue weighted by Crippen LogP contribution is -2.42. The van der Waals surface area contributed by atoms with Crippen LogP contribution in [0, 0.1) is 5.41 Å². The van der Waals surface area contributed by atoms with Gasteiger partial charge in [-0.25, -0.2) is 9.67 Å². The Labute approximate surface area is 120 Å². The van der Waals surface area contributed by atoms with Gasteiger partial charge in [0.2, 0.25) is 5.88 Å². The van der Waals surface area contributed by atoms with Crippen LogP contribution in [0.3, 0.4) is 0 Å². The SMILES string of the molecule is COc1ncccc1-c1nnnn1CC1(C(=O)O)CCC1. The molecule has 3 rings (SSSR count). The van der Waals surface area contributed by atoms with E-state index in [1.807, 2.05) is 0 Å². The molecule has 0 unspecified atom stereocenters. The molecule has 2 heterocycles. The van der Waals surface area contributed by atoms with Gasteiger partial charge in [0.05, 0.1) is 24.6 Å². The maximum Gasteiger partial charge on any atom is 0.311 e. The van der Waals surface area contributed by atoms with Crippen LogP contribution in [0.15, 0.2) is 18.3 Å². The lowest BCUT2D eigenvalue weighted by Gasteiger charge is -2.37. The number of aliphatic carboxylic acids is 1. The van der Waals surface area contributed by atoms with Crippen molar-refractivity contribution < 1.29 is 14.6 Å². The molecule has 2 aromatic rings. The summed E-state index contributed by atoms with van der Waals surface area (Å²) in [6.07, 6.45) is 3.82. The van der Waals surface area contributed by atoms with Crippen molar-refractivity contribution in [2.24, 2.45) is 5.41 Å². The number of methoxy groups -OCH3 is 1. The fourth-order valence-corrected chi connectivity index (χ4v) is 2.56. The molecule has 0 aromatic carbocycles. The molecule has 1 aliphatic carbocycles. The summed E-state index contributed by atoms with van der Waals surface area (Å²) in [6, 6.07) is 3.55. The van der Waals surface area contributed by atoms with Crippen molar-refractivity contribution in [2.75, 3.05) is 7.11 Å². The van der Waals surface area contributed by atoms with Gasteiger partial charge < -0.3 is 9.84 Å². The number of tetrazole rings is 1. The molecule has 0 spiro atoms. The van der Waals surface area contributed by atoms with E-state index in [2.05, 4.69) is 20.5 Å². The predicted molar refractivity (Wildman–Crippen MR) is 71.5 cm³/mol. The second-order valence-corrected chi connectivity index (χ2v) is 5.16. The molecule has 1 saturated carbocycles. The van der Waals surface area contributed by atoms with Crippen LogP contribution in [-0.2, 0) is 11.3 Å². The largest absolute Gasteiger partial charge is 0.481 e. The Kier molecular flexibility index (Phi) is 3.28. The van der Waals surface area contributed by atoms with Gasteiger partial charge in [-0.2, -0.15) is 0 Å². The Morgan fingerprint density at radius 3 is 2.95 bits per heavy atom. The summed E-state index contributed by atoms with van der Waals surface area (Å²) in [6.45, 7) is 0.253. The highest BCUT2D eigenvalue weighted by molar-refractivity contribution is 5.75. The summed E-state index contributed by atoms with van der Waals surface area (Å²) in [7, 11) is 1.52. The summed E-state index contributed by atoms with van der Waals surface area (Å²) in [5, 5.41) is 21.0. The van der Waals surface area contributed by atoms with E-state index in [0.29, 0.717) is 30.1 Å². The third kappa shape index (κ3) is 2.22. The molecule has 1 fully saturated rings. The number of hydrogen-bond acceptors (Lipinski definition) is 6. The summed E-state index contributed by atoms with van der Waals surface area (Å²) in [4.78, 5) is 15.6. The van der Waals surface area contributed by atoms with Crippen LogP contribution in [0.4, 0.5) is 0 Å². The van der Waals surface area contributed by atoms with E-state index in [9.17, 15) is 9.90 Å². The van der Waals surface area contributed by atoms with E-state index in [1.165, 1.54) is 11.8 Å². The number of carboxylic acids is 1. The monoisotopic (exact) mass is 289 g/mol. The van der Waals surface area contributed by atoms with E-state index in [4.69, 9.17) is 4.74 Å². The van der Waals surface area contributed by atoms with Crippen LogP contribution < -0.4 is 4.74 Å². The second-order valence-electron chi connectivity index (χ2n) is 5.16. The molecule has 0 saturated heterocycles. The first-order valence-electron chi connectivity index (χ1n) is 6.65. The van der Waals surface area contributed by atoms with Crippen molar-refractivity contribution in [1.82, 2.24) is 25.2 Å². The minimum atomic E-state index is -0.798. The first kappa shape index (κ1) is 13.5. The minimum absolute atomic E-state index is 0.253. The number of nitrogens with zero attached hydrogens (tertiary/aromatic N) is 5. The molecule has 8 heteroatoms. The minimum Gasteiger partial charge on any atom is -0.481 e. The Bertz CT molecular complexity index is 665. The van der Waals surface area contributed by atoms with Gasteiger partial charge in [0, 0.05) is 6.20 Å². The molecular formula is C13H15N5O3. The van der Waals surface area contributed by atoms with E-state index < -0.39 is 11.4 Å². The van der Waals surface area contributed by atoms with Gasteiger partial charge in [-0.15, -0.1) is 5.10 Å². The van der Waals surface area contributed by atoms with Crippen molar-refractivity contribution in [3.8, 4) is 17.3 Å². The molecule has 1 aliphatic rings. The number of hydrogen-bond donors (Lipinski definition) is 1. The number of pyridine rings is 1. The summed E-state index contributed by atoms with van der Waals surface area (Å²) in [5.41, 5.74) is -0.121. The molecular weight excluding hydrogens is 274 g/mol.